The highest BCUT2D eigenvalue weighted by Gasteiger charge is 2.10. The number of guanidine groups is 1. The number of nitrogens with two attached hydrogens (primary N) is 1. The molecule has 2 rings (SSSR count). The second kappa shape index (κ2) is 10.2. The van der Waals surface area contributed by atoms with Crippen molar-refractivity contribution < 1.29 is 4.79 Å². The van der Waals surface area contributed by atoms with Crippen molar-refractivity contribution in [1.29, 1.82) is 0 Å². The molecule has 1 amide bonds. The monoisotopic (exact) mass is 353 g/mol. The number of hydrogen-bond donors (Lipinski definition) is 3. The highest BCUT2D eigenvalue weighted by atomic mass is 16.1. The summed E-state index contributed by atoms with van der Waals surface area (Å²) in [5.41, 5.74) is 8.69. The van der Waals surface area contributed by atoms with Gasteiger partial charge in [0.2, 0.25) is 5.91 Å². The van der Waals surface area contributed by atoms with E-state index >= 15 is 0 Å². The molecule has 0 spiro atoms. The molecule has 4 N–H and O–H groups in total. The fraction of sp³-hybridized carbons (Fsp3) is 0.350. The van der Waals surface area contributed by atoms with Gasteiger partial charge in [-0.2, -0.15) is 0 Å². The van der Waals surface area contributed by atoms with E-state index in [0.29, 0.717) is 19.0 Å². The lowest BCUT2D eigenvalue weighted by atomic mass is 10.1. The fourth-order valence-corrected chi connectivity index (χ4v) is 2.30. The molecule has 0 fully saturated rings. The third-order valence-corrected chi connectivity index (χ3v) is 4.10. The SMILES string of the molecule is CCC(C)C(=O)Nc1cccc(CN=C(N)NCCc2ccccn2)c1. The lowest BCUT2D eigenvalue weighted by molar-refractivity contribution is -0.119. The first-order valence-electron chi connectivity index (χ1n) is 8.92. The van der Waals surface area contributed by atoms with Gasteiger partial charge in [-0.3, -0.25) is 9.78 Å². The molecule has 1 unspecified atom stereocenters. The molecule has 0 saturated heterocycles. The number of rotatable bonds is 8. The molecule has 1 atom stereocenters. The number of nitrogens with zero attached hydrogens (tertiary/aromatic N) is 2. The van der Waals surface area contributed by atoms with Gasteiger partial charge in [-0.1, -0.05) is 32.0 Å². The van der Waals surface area contributed by atoms with Gasteiger partial charge in [-0.05, 0) is 36.2 Å². The molecule has 0 aliphatic carbocycles. The summed E-state index contributed by atoms with van der Waals surface area (Å²) in [6.45, 7) is 5.05. The van der Waals surface area contributed by atoms with Crippen LogP contribution < -0.4 is 16.4 Å². The predicted octanol–water partition coefficient (Wildman–Crippen LogP) is 2.71. The molecule has 0 aliphatic rings. The van der Waals surface area contributed by atoms with E-state index in [9.17, 15) is 4.79 Å². The minimum Gasteiger partial charge on any atom is -0.370 e. The Morgan fingerprint density at radius 3 is 2.85 bits per heavy atom. The third kappa shape index (κ3) is 6.55. The van der Waals surface area contributed by atoms with Crippen LogP contribution in [0.2, 0.25) is 0 Å². The zero-order chi connectivity index (χ0) is 18.8. The van der Waals surface area contributed by atoms with Crippen molar-refractivity contribution in [3.63, 3.8) is 0 Å². The summed E-state index contributed by atoms with van der Waals surface area (Å²) in [5.74, 6) is 0.425. The van der Waals surface area contributed by atoms with Gasteiger partial charge in [-0.15, -0.1) is 0 Å². The fourth-order valence-electron chi connectivity index (χ4n) is 2.30. The third-order valence-electron chi connectivity index (χ3n) is 4.10. The molecule has 0 bridgehead atoms. The summed E-state index contributed by atoms with van der Waals surface area (Å²) in [4.78, 5) is 20.6. The molecule has 2 aromatic rings. The largest absolute Gasteiger partial charge is 0.370 e. The van der Waals surface area contributed by atoms with Crippen LogP contribution in [0.15, 0.2) is 53.7 Å². The molecule has 6 heteroatoms. The minimum atomic E-state index is -0.00405. The van der Waals surface area contributed by atoms with Crippen LogP contribution in [0.1, 0.15) is 31.5 Å². The Bertz CT molecular complexity index is 730. The van der Waals surface area contributed by atoms with Crippen LogP contribution in [0.3, 0.4) is 0 Å². The number of nitrogens with one attached hydrogen (secondary N) is 2. The van der Waals surface area contributed by atoms with Crippen LogP contribution >= 0.6 is 0 Å². The Morgan fingerprint density at radius 2 is 2.12 bits per heavy atom. The molecule has 0 saturated carbocycles. The smallest absolute Gasteiger partial charge is 0.227 e. The number of benzene rings is 1. The van der Waals surface area contributed by atoms with E-state index in [1.165, 1.54) is 0 Å². The Labute approximate surface area is 154 Å². The van der Waals surface area contributed by atoms with Gasteiger partial charge in [0.15, 0.2) is 5.96 Å². The molecule has 0 aliphatic heterocycles. The zero-order valence-electron chi connectivity index (χ0n) is 15.4. The molecule has 1 aromatic heterocycles. The van der Waals surface area contributed by atoms with Gasteiger partial charge in [-0.25, -0.2) is 4.99 Å². The Morgan fingerprint density at radius 1 is 1.27 bits per heavy atom. The number of hydrogen-bond acceptors (Lipinski definition) is 3. The van der Waals surface area contributed by atoms with Crippen molar-refractivity contribution in [3.05, 3.63) is 59.9 Å². The summed E-state index contributed by atoms with van der Waals surface area (Å²) in [6.07, 6.45) is 3.38. The van der Waals surface area contributed by atoms with Gasteiger partial charge >= 0.3 is 0 Å². The van der Waals surface area contributed by atoms with E-state index < -0.39 is 0 Å². The van der Waals surface area contributed by atoms with Crippen LogP contribution in [-0.4, -0.2) is 23.4 Å². The number of aliphatic imine (C=N–C) groups is 1. The van der Waals surface area contributed by atoms with Gasteiger partial charge in [0, 0.05) is 36.5 Å². The van der Waals surface area contributed by atoms with Crippen molar-refractivity contribution in [2.45, 2.75) is 33.2 Å². The van der Waals surface area contributed by atoms with E-state index in [1.807, 2.05) is 56.3 Å². The summed E-state index contributed by atoms with van der Waals surface area (Å²) in [5, 5.41) is 6.02. The Hall–Kier alpha value is -2.89. The lowest BCUT2D eigenvalue weighted by Gasteiger charge is -2.11. The first-order chi connectivity index (χ1) is 12.6. The maximum atomic E-state index is 12.0. The topological polar surface area (TPSA) is 92.4 Å². The number of pyridine rings is 1. The first-order valence-corrected chi connectivity index (χ1v) is 8.92. The van der Waals surface area contributed by atoms with E-state index in [-0.39, 0.29) is 11.8 Å². The van der Waals surface area contributed by atoms with Crippen molar-refractivity contribution in [2.75, 3.05) is 11.9 Å². The maximum absolute atomic E-state index is 12.0. The van der Waals surface area contributed by atoms with E-state index in [1.54, 1.807) is 6.20 Å². The predicted molar refractivity (Wildman–Crippen MR) is 106 cm³/mol. The summed E-state index contributed by atoms with van der Waals surface area (Å²) in [6, 6.07) is 13.5. The van der Waals surface area contributed by atoms with E-state index in [2.05, 4.69) is 20.6 Å². The first kappa shape index (κ1) is 19.4. The van der Waals surface area contributed by atoms with Crippen molar-refractivity contribution in [3.8, 4) is 0 Å². The molecule has 6 nitrogen and oxygen atoms in total. The molecule has 1 aromatic carbocycles. The van der Waals surface area contributed by atoms with Crippen LogP contribution in [0, 0.1) is 5.92 Å². The quantitative estimate of drug-likeness (QED) is 0.502. The second-order valence-electron chi connectivity index (χ2n) is 6.20. The van der Waals surface area contributed by atoms with Gasteiger partial charge in [0.1, 0.15) is 0 Å². The molecular weight excluding hydrogens is 326 g/mol. The van der Waals surface area contributed by atoms with E-state index in [0.717, 1.165) is 29.8 Å². The van der Waals surface area contributed by atoms with Gasteiger partial charge in [0.25, 0.3) is 0 Å². The normalized spacial score (nSPS) is 12.5. The zero-order valence-corrected chi connectivity index (χ0v) is 15.4. The number of anilines is 1. The van der Waals surface area contributed by atoms with E-state index in [4.69, 9.17) is 5.73 Å². The number of aromatic nitrogens is 1. The summed E-state index contributed by atoms with van der Waals surface area (Å²) in [7, 11) is 0. The minimum absolute atomic E-state index is 0.00405. The number of carbonyl (C=O) groups is 1. The Kier molecular flexibility index (Phi) is 7.61. The standard InChI is InChI=1S/C20H27N5O/c1-3-15(2)19(26)25-18-9-6-7-16(13-18)14-24-20(21)23-12-10-17-8-4-5-11-22-17/h4-9,11,13,15H,3,10,12,14H2,1-2H3,(H,25,26)(H3,21,23,24). The second-order valence-corrected chi connectivity index (χ2v) is 6.20. The average Bonchev–Trinajstić information content (AvgIpc) is 2.67. The van der Waals surface area contributed by atoms with Crippen LogP contribution in [-0.2, 0) is 17.8 Å². The number of carbonyl (C=O) groups excluding carboxylic acids is 1. The molecule has 0 radical (unpaired) electrons. The molecule has 138 valence electrons. The number of amides is 1. The molecule has 26 heavy (non-hydrogen) atoms. The maximum Gasteiger partial charge on any atom is 0.227 e. The van der Waals surface area contributed by atoms with Gasteiger partial charge in [0.05, 0.1) is 6.54 Å². The van der Waals surface area contributed by atoms with Crippen molar-refractivity contribution >= 4 is 17.6 Å². The highest BCUT2D eigenvalue weighted by molar-refractivity contribution is 5.92. The summed E-state index contributed by atoms with van der Waals surface area (Å²) >= 11 is 0. The van der Waals surface area contributed by atoms with Crippen LogP contribution in [0.5, 0.6) is 0 Å². The Balaban J connectivity index is 1.82. The van der Waals surface area contributed by atoms with Crippen molar-refractivity contribution in [1.82, 2.24) is 10.3 Å². The average molecular weight is 353 g/mol. The van der Waals surface area contributed by atoms with Crippen LogP contribution in [0.25, 0.3) is 0 Å². The summed E-state index contributed by atoms with van der Waals surface area (Å²) < 4.78 is 0. The highest BCUT2D eigenvalue weighted by Crippen LogP contribution is 2.13. The molecule has 1 heterocycles. The van der Waals surface area contributed by atoms with Crippen molar-refractivity contribution in [2.24, 2.45) is 16.6 Å². The van der Waals surface area contributed by atoms with Crippen LogP contribution in [0.4, 0.5) is 5.69 Å². The lowest BCUT2D eigenvalue weighted by Crippen LogP contribution is -2.33. The molecular formula is C20H27N5O. The van der Waals surface area contributed by atoms with Gasteiger partial charge < -0.3 is 16.4 Å².